The first-order valence-corrected chi connectivity index (χ1v) is 8.40. The van der Waals surface area contributed by atoms with Gasteiger partial charge >= 0.3 is 0 Å². The molecule has 0 spiro atoms. The molecule has 0 atom stereocenters. The zero-order valence-corrected chi connectivity index (χ0v) is 14.0. The Morgan fingerprint density at radius 2 is 2.10 bits per heavy atom. The van der Waals surface area contributed by atoms with Gasteiger partial charge in [0.1, 0.15) is 5.52 Å². The second-order valence-electron chi connectivity index (χ2n) is 4.58. The number of aromatic nitrogens is 1. The van der Waals surface area contributed by atoms with Crippen molar-refractivity contribution >= 4 is 38.8 Å². The zero-order chi connectivity index (χ0) is 14.7. The van der Waals surface area contributed by atoms with Gasteiger partial charge in [-0.15, -0.1) is 0 Å². The normalized spacial score (nSPS) is 11.1. The quantitative estimate of drug-likeness (QED) is 0.703. The van der Waals surface area contributed by atoms with Crippen molar-refractivity contribution in [1.29, 1.82) is 0 Å². The van der Waals surface area contributed by atoms with Crippen LogP contribution in [-0.4, -0.2) is 11.5 Å². The van der Waals surface area contributed by atoms with Crippen LogP contribution in [0, 0.1) is 0 Å². The zero-order valence-electron chi connectivity index (χ0n) is 11.6. The van der Waals surface area contributed by atoms with Crippen LogP contribution in [0.25, 0.3) is 11.1 Å². The highest BCUT2D eigenvalue weighted by Gasteiger charge is 2.08. The highest BCUT2D eigenvalue weighted by molar-refractivity contribution is 9.10. The van der Waals surface area contributed by atoms with Crippen LogP contribution in [0.5, 0.6) is 0 Å². The van der Waals surface area contributed by atoms with Crippen molar-refractivity contribution in [2.45, 2.75) is 23.6 Å². The van der Waals surface area contributed by atoms with Gasteiger partial charge in [0.2, 0.25) is 0 Å². The van der Waals surface area contributed by atoms with Crippen LogP contribution in [0.1, 0.15) is 12.5 Å². The number of rotatable bonds is 5. The maximum absolute atomic E-state index is 5.73. The standard InChI is InChI=1S/C16H15BrN2OS/c1-2-18-10-11-7-8-12(9-13(11)17)21-16-19-14-5-3-4-6-15(14)20-16/h3-9,18H,2,10H2,1H3. The Morgan fingerprint density at radius 3 is 2.86 bits per heavy atom. The second kappa shape index (κ2) is 6.64. The fourth-order valence-corrected chi connectivity index (χ4v) is 3.45. The molecule has 0 aliphatic carbocycles. The van der Waals surface area contributed by atoms with Crippen molar-refractivity contribution < 1.29 is 4.42 Å². The summed E-state index contributed by atoms with van der Waals surface area (Å²) < 4.78 is 6.83. The minimum absolute atomic E-state index is 0.669. The van der Waals surface area contributed by atoms with Crippen LogP contribution >= 0.6 is 27.7 Å². The third kappa shape index (κ3) is 3.48. The Balaban J connectivity index is 1.79. The molecule has 0 radical (unpaired) electrons. The molecule has 1 aromatic heterocycles. The van der Waals surface area contributed by atoms with E-state index in [0.29, 0.717) is 5.22 Å². The number of oxazole rings is 1. The van der Waals surface area contributed by atoms with Crippen LogP contribution in [0.3, 0.4) is 0 Å². The molecule has 0 unspecified atom stereocenters. The van der Waals surface area contributed by atoms with E-state index in [0.717, 1.165) is 33.6 Å². The first-order valence-electron chi connectivity index (χ1n) is 6.79. The van der Waals surface area contributed by atoms with E-state index in [4.69, 9.17) is 4.42 Å². The first kappa shape index (κ1) is 14.6. The lowest BCUT2D eigenvalue weighted by Gasteiger charge is -2.06. The topological polar surface area (TPSA) is 38.1 Å². The number of fused-ring (bicyclic) bond motifs is 1. The lowest BCUT2D eigenvalue weighted by atomic mass is 10.2. The van der Waals surface area contributed by atoms with E-state index < -0.39 is 0 Å². The van der Waals surface area contributed by atoms with E-state index >= 15 is 0 Å². The fourth-order valence-electron chi connectivity index (χ4n) is 1.99. The minimum Gasteiger partial charge on any atom is -0.431 e. The summed E-state index contributed by atoms with van der Waals surface area (Å²) in [5.74, 6) is 0. The Kier molecular flexibility index (Phi) is 4.63. The molecule has 3 rings (SSSR count). The van der Waals surface area contributed by atoms with Crippen LogP contribution in [0.15, 0.2) is 61.5 Å². The molecular weight excluding hydrogens is 348 g/mol. The number of para-hydroxylation sites is 2. The van der Waals surface area contributed by atoms with E-state index in [2.05, 4.69) is 51.4 Å². The summed E-state index contributed by atoms with van der Waals surface area (Å²) in [5, 5.41) is 3.99. The van der Waals surface area contributed by atoms with E-state index in [1.165, 1.54) is 17.3 Å². The third-order valence-electron chi connectivity index (χ3n) is 3.07. The molecule has 0 amide bonds. The highest BCUT2D eigenvalue weighted by Crippen LogP contribution is 2.32. The van der Waals surface area contributed by atoms with E-state index in [9.17, 15) is 0 Å². The van der Waals surface area contributed by atoms with Crippen molar-refractivity contribution in [2.24, 2.45) is 0 Å². The maximum Gasteiger partial charge on any atom is 0.261 e. The molecular formula is C16H15BrN2OS. The molecule has 1 N–H and O–H groups in total. The summed E-state index contributed by atoms with van der Waals surface area (Å²) in [6.45, 7) is 3.93. The van der Waals surface area contributed by atoms with Gasteiger partial charge in [-0.05, 0) is 48.1 Å². The fraction of sp³-hybridized carbons (Fsp3) is 0.188. The van der Waals surface area contributed by atoms with Crippen molar-refractivity contribution in [2.75, 3.05) is 6.54 Å². The molecule has 2 aromatic carbocycles. The number of benzene rings is 2. The molecule has 0 aliphatic heterocycles. The third-order valence-corrected chi connectivity index (χ3v) is 4.65. The monoisotopic (exact) mass is 362 g/mol. The molecule has 21 heavy (non-hydrogen) atoms. The summed E-state index contributed by atoms with van der Waals surface area (Å²) in [6.07, 6.45) is 0. The van der Waals surface area contributed by atoms with Crippen LogP contribution in [-0.2, 0) is 6.54 Å². The summed E-state index contributed by atoms with van der Waals surface area (Å²) in [6, 6.07) is 14.1. The Labute approximate surface area is 136 Å². The molecule has 0 saturated heterocycles. The smallest absolute Gasteiger partial charge is 0.261 e. The molecule has 3 nitrogen and oxygen atoms in total. The molecule has 1 heterocycles. The summed E-state index contributed by atoms with van der Waals surface area (Å²) >= 11 is 5.15. The molecule has 5 heteroatoms. The number of hydrogen-bond acceptors (Lipinski definition) is 4. The van der Waals surface area contributed by atoms with Crippen molar-refractivity contribution in [3.8, 4) is 0 Å². The molecule has 108 valence electrons. The predicted molar refractivity (Wildman–Crippen MR) is 89.7 cm³/mol. The van der Waals surface area contributed by atoms with Crippen LogP contribution in [0.4, 0.5) is 0 Å². The van der Waals surface area contributed by atoms with Gasteiger partial charge in [0.15, 0.2) is 5.58 Å². The molecule has 0 fully saturated rings. The van der Waals surface area contributed by atoms with Gasteiger partial charge in [-0.3, -0.25) is 0 Å². The Morgan fingerprint density at radius 1 is 1.24 bits per heavy atom. The van der Waals surface area contributed by atoms with Gasteiger partial charge in [-0.2, -0.15) is 0 Å². The van der Waals surface area contributed by atoms with Gasteiger partial charge < -0.3 is 9.73 Å². The predicted octanol–water partition coefficient (Wildman–Crippen LogP) is 4.85. The number of nitrogens with zero attached hydrogens (tertiary/aromatic N) is 1. The van der Waals surface area contributed by atoms with Crippen molar-refractivity contribution in [3.63, 3.8) is 0 Å². The second-order valence-corrected chi connectivity index (χ2v) is 6.46. The van der Waals surface area contributed by atoms with Gasteiger partial charge in [0, 0.05) is 15.9 Å². The molecule has 0 saturated carbocycles. The number of nitrogens with one attached hydrogen (secondary N) is 1. The first-order chi connectivity index (χ1) is 10.3. The van der Waals surface area contributed by atoms with E-state index in [1.54, 1.807) is 0 Å². The largest absolute Gasteiger partial charge is 0.431 e. The SMILES string of the molecule is CCNCc1ccc(Sc2nc3ccccc3o2)cc1Br. The van der Waals surface area contributed by atoms with Gasteiger partial charge in [0.25, 0.3) is 5.22 Å². The van der Waals surface area contributed by atoms with Gasteiger partial charge in [0.05, 0.1) is 0 Å². The van der Waals surface area contributed by atoms with E-state index in [1.807, 2.05) is 24.3 Å². The van der Waals surface area contributed by atoms with Crippen LogP contribution < -0.4 is 5.32 Å². The number of halogens is 1. The van der Waals surface area contributed by atoms with Crippen molar-refractivity contribution in [1.82, 2.24) is 10.3 Å². The summed E-state index contributed by atoms with van der Waals surface area (Å²) in [7, 11) is 0. The highest BCUT2D eigenvalue weighted by atomic mass is 79.9. The van der Waals surface area contributed by atoms with Crippen molar-refractivity contribution in [3.05, 3.63) is 52.5 Å². The average Bonchev–Trinajstić information content (AvgIpc) is 2.88. The van der Waals surface area contributed by atoms with Crippen LogP contribution in [0.2, 0.25) is 0 Å². The Bertz CT molecular complexity index is 724. The summed E-state index contributed by atoms with van der Waals surface area (Å²) in [4.78, 5) is 5.58. The minimum atomic E-state index is 0.669. The van der Waals surface area contributed by atoms with Gasteiger partial charge in [-0.1, -0.05) is 41.1 Å². The Hall–Kier alpha value is -1.30. The summed E-state index contributed by atoms with van der Waals surface area (Å²) in [5.41, 5.74) is 2.96. The molecule has 0 aliphatic rings. The molecule has 0 bridgehead atoms. The van der Waals surface area contributed by atoms with Gasteiger partial charge in [-0.25, -0.2) is 4.98 Å². The maximum atomic E-state index is 5.73. The lowest BCUT2D eigenvalue weighted by Crippen LogP contribution is -2.11. The average molecular weight is 363 g/mol. The van der Waals surface area contributed by atoms with E-state index in [-0.39, 0.29) is 0 Å². The molecule has 3 aromatic rings. The lowest BCUT2D eigenvalue weighted by molar-refractivity contribution is 0.489. The number of hydrogen-bond donors (Lipinski definition) is 1.